The molecule has 1 aliphatic heterocycles. The van der Waals surface area contributed by atoms with E-state index >= 15 is 0 Å². The van der Waals surface area contributed by atoms with Crippen LogP contribution in [0.2, 0.25) is 5.15 Å². The maximum atomic E-state index is 12.5. The molecule has 2 aromatic rings. The van der Waals surface area contributed by atoms with Crippen molar-refractivity contribution >= 4 is 35.1 Å². The van der Waals surface area contributed by atoms with Gasteiger partial charge in [0.25, 0.3) is 0 Å². The summed E-state index contributed by atoms with van der Waals surface area (Å²) >= 11 is 7.11. The summed E-state index contributed by atoms with van der Waals surface area (Å²) in [7, 11) is 0. The largest absolute Gasteiger partial charge is 0.390 e. The molecular weight excluding hydrogens is 401 g/mol. The Labute approximate surface area is 164 Å². The number of fused-ring (bicyclic) bond motifs is 1. The number of alkyl halides is 3. The first-order chi connectivity index (χ1) is 12.7. The van der Waals surface area contributed by atoms with Gasteiger partial charge in [-0.15, -0.1) is 0 Å². The van der Waals surface area contributed by atoms with Crippen molar-refractivity contribution in [1.29, 1.82) is 0 Å². The predicted octanol–water partition coefficient (Wildman–Crippen LogP) is 3.44. The van der Waals surface area contributed by atoms with E-state index in [2.05, 4.69) is 15.0 Å². The molecule has 27 heavy (non-hydrogen) atoms. The smallest absolute Gasteiger partial charge is 0.354 e. The van der Waals surface area contributed by atoms with Crippen LogP contribution in [-0.2, 0) is 0 Å². The lowest BCUT2D eigenvalue weighted by molar-refractivity contribution is -0.137. The molecular formula is C16H20ClF3N6S. The lowest BCUT2D eigenvalue weighted by atomic mass is 9.60. The molecule has 0 unspecified atom stereocenters. The maximum absolute atomic E-state index is 12.5. The van der Waals surface area contributed by atoms with Crippen LogP contribution in [0.25, 0.3) is 5.52 Å². The van der Waals surface area contributed by atoms with Crippen molar-refractivity contribution in [2.24, 2.45) is 10.6 Å². The van der Waals surface area contributed by atoms with E-state index in [0.717, 1.165) is 55.0 Å². The minimum Gasteiger partial charge on any atom is -0.354 e. The van der Waals surface area contributed by atoms with Gasteiger partial charge in [-0.3, -0.25) is 5.14 Å². The van der Waals surface area contributed by atoms with Gasteiger partial charge >= 0.3 is 6.18 Å². The Morgan fingerprint density at radius 2 is 2.11 bits per heavy atom. The predicted molar refractivity (Wildman–Crippen MR) is 99.6 cm³/mol. The molecule has 2 N–H and O–H groups in total. The Balaban J connectivity index is 1.38. The van der Waals surface area contributed by atoms with Gasteiger partial charge < -0.3 is 4.90 Å². The molecule has 2 aromatic heterocycles. The van der Waals surface area contributed by atoms with Crippen molar-refractivity contribution in [3.05, 3.63) is 23.1 Å². The zero-order valence-electron chi connectivity index (χ0n) is 14.7. The molecule has 0 atom stereocenters. The third-order valence-electron chi connectivity index (χ3n) is 5.53. The van der Waals surface area contributed by atoms with Gasteiger partial charge in [0.1, 0.15) is 17.0 Å². The topological polar surface area (TPSA) is 62.7 Å². The van der Waals surface area contributed by atoms with Crippen molar-refractivity contribution in [2.45, 2.75) is 38.4 Å². The maximum Gasteiger partial charge on any atom is 0.390 e. The van der Waals surface area contributed by atoms with Crippen LogP contribution in [0.1, 0.15) is 24.8 Å². The standard InChI is InChI=1S/C16H20ClF3N6S/c1-10-4-12(17)26-13(10)14(22-9-23-26)24-7-15(8-24)5-11(6-15)25(27-21)3-2-16(18,19)20/h4,9,11H,2-3,5-8,21H2,1H3. The van der Waals surface area contributed by atoms with Crippen molar-refractivity contribution < 1.29 is 13.2 Å². The van der Waals surface area contributed by atoms with E-state index in [9.17, 15) is 13.2 Å². The van der Waals surface area contributed by atoms with E-state index in [0.29, 0.717) is 5.15 Å². The zero-order chi connectivity index (χ0) is 19.4. The normalized spacial score (nSPS) is 19.7. The minimum atomic E-state index is -4.16. The molecule has 11 heteroatoms. The van der Waals surface area contributed by atoms with Crippen LogP contribution >= 0.6 is 23.7 Å². The molecule has 1 spiro atoms. The van der Waals surface area contributed by atoms with Crippen molar-refractivity contribution in [3.8, 4) is 0 Å². The molecule has 6 nitrogen and oxygen atoms in total. The van der Waals surface area contributed by atoms with Crippen LogP contribution in [0.4, 0.5) is 19.0 Å². The summed E-state index contributed by atoms with van der Waals surface area (Å²) in [4.78, 5) is 6.62. The minimum absolute atomic E-state index is 0.0660. The second-order valence-corrected chi connectivity index (χ2v) is 8.59. The number of hydrogen-bond acceptors (Lipinski definition) is 6. The molecule has 2 fully saturated rings. The third kappa shape index (κ3) is 3.48. The van der Waals surface area contributed by atoms with Gasteiger partial charge in [0, 0.05) is 43.2 Å². The summed E-state index contributed by atoms with van der Waals surface area (Å²) in [5.41, 5.74) is 2.06. The Morgan fingerprint density at radius 3 is 2.74 bits per heavy atom. The summed E-state index contributed by atoms with van der Waals surface area (Å²) in [5.74, 6) is 0.852. The number of rotatable bonds is 5. The Morgan fingerprint density at radius 1 is 1.41 bits per heavy atom. The lowest BCUT2D eigenvalue weighted by Crippen LogP contribution is -2.66. The SMILES string of the molecule is Cc1cc(Cl)n2ncnc(N3CC4(CC(N(CCC(F)(F)F)SN)C4)C3)c12. The van der Waals surface area contributed by atoms with Crippen molar-refractivity contribution in [1.82, 2.24) is 18.9 Å². The number of aryl methyl sites for hydroxylation is 1. The third-order valence-corrected chi connectivity index (χ3v) is 6.55. The molecule has 148 valence electrons. The van der Waals surface area contributed by atoms with Crippen molar-refractivity contribution in [3.63, 3.8) is 0 Å². The number of nitrogens with two attached hydrogens (primary N) is 1. The molecule has 1 saturated carbocycles. The molecule has 4 rings (SSSR count). The first-order valence-corrected chi connectivity index (χ1v) is 9.87. The number of halogens is 4. The van der Waals surface area contributed by atoms with E-state index in [4.69, 9.17) is 16.7 Å². The van der Waals surface area contributed by atoms with Gasteiger partial charge in [0.15, 0.2) is 5.82 Å². The Kier molecular flexibility index (Phi) is 4.73. The van der Waals surface area contributed by atoms with Crippen molar-refractivity contribution in [2.75, 3.05) is 24.5 Å². The van der Waals surface area contributed by atoms with Crippen LogP contribution in [0.5, 0.6) is 0 Å². The summed E-state index contributed by atoms with van der Waals surface area (Å²) in [6, 6.07) is 1.96. The second kappa shape index (κ2) is 6.68. The summed E-state index contributed by atoms with van der Waals surface area (Å²) < 4.78 is 40.7. The van der Waals surface area contributed by atoms with Crippen LogP contribution in [0.3, 0.4) is 0 Å². The molecule has 0 radical (unpaired) electrons. The van der Waals surface area contributed by atoms with Gasteiger partial charge in [-0.05, 0) is 31.4 Å². The quantitative estimate of drug-likeness (QED) is 0.748. The fourth-order valence-corrected chi connectivity index (χ4v) is 5.07. The van der Waals surface area contributed by atoms with Crippen LogP contribution in [0.15, 0.2) is 12.4 Å². The summed E-state index contributed by atoms with van der Waals surface area (Å²) in [6.07, 6.45) is -1.79. The molecule has 2 aliphatic rings. The van der Waals surface area contributed by atoms with Crippen LogP contribution in [0, 0.1) is 12.3 Å². The average molecular weight is 421 g/mol. The highest BCUT2D eigenvalue weighted by Gasteiger charge is 2.54. The van der Waals surface area contributed by atoms with Crippen LogP contribution < -0.4 is 10.0 Å². The lowest BCUT2D eigenvalue weighted by Gasteiger charge is -2.61. The van der Waals surface area contributed by atoms with Crippen LogP contribution in [-0.4, -0.2) is 50.8 Å². The first-order valence-electron chi connectivity index (χ1n) is 8.65. The Bertz CT molecular complexity index is 843. The van der Waals surface area contributed by atoms with E-state index in [1.54, 1.807) is 8.82 Å². The van der Waals surface area contributed by atoms with Gasteiger partial charge in [-0.25, -0.2) is 13.8 Å². The highest BCUT2D eigenvalue weighted by Crippen LogP contribution is 2.52. The molecule has 1 aliphatic carbocycles. The number of aromatic nitrogens is 3. The summed E-state index contributed by atoms with van der Waals surface area (Å²) in [6.45, 7) is 3.57. The summed E-state index contributed by atoms with van der Waals surface area (Å²) in [5, 5.41) is 10.3. The molecule has 0 bridgehead atoms. The van der Waals surface area contributed by atoms with Gasteiger partial charge in [-0.1, -0.05) is 11.6 Å². The second-order valence-electron chi connectivity index (χ2n) is 7.52. The molecule has 3 heterocycles. The van der Waals surface area contributed by atoms with E-state index in [1.807, 2.05) is 13.0 Å². The fraction of sp³-hybridized carbons (Fsp3) is 0.625. The monoisotopic (exact) mass is 420 g/mol. The zero-order valence-corrected chi connectivity index (χ0v) is 16.3. The van der Waals surface area contributed by atoms with Gasteiger partial charge in [0.2, 0.25) is 0 Å². The first kappa shape index (κ1) is 19.1. The fourth-order valence-electron chi connectivity index (χ4n) is 4.26. The number of anilines is 1. The highest BCUT2D eigenvalue weighted by molar-refractivity contribution is 7.94. The number of hydrogen-bond donors (Lipinski definition) is 1. The van der Waals surface area contributed by atoms with E-state index in [1.165, 1.54) is 6.33 Å². The van der Waals surface area contributed by atoms with E-state index < -0.39 is 12.6 Å². The molecule has 1 saturated heterocycles. The van der Waals surface area contributed by atoms with Gasteiger partial charge in [0.05, 0.1) is 6.42 Å². The highest BCUT2D eigenvalue weighted by atomic mass is 35.5. The Hall–Kier alpha value is -1.23. The number of nitrogens with zero attached hydrogens (tertiary/aromatic N) is 5. The van der Waals surface area contributed by atoms with Gasteiger partial charge in [-0.2, -0.15) is 18.3 Å². The average Bonchev–Trinajstić information content (AvgIpc) is 2.82. The van der Waals surface area contributed by atoms with E-state index in [-0.39, 0.29) is 18.0 Å². The molecule has 0 amide bonds. The molecule has 0 aromatic carbocycles.